The molecule has 5 nitrogen and oxygen atoms in total. The molecule has 0 radical (unpaired) electrons. The third-order valence-corrected chi connectivity index (χ3v) is 4.76. The van der Waals surface area contributed by atoms with Crippen LogP contribution in [0.2, 0.25) is 0 Å². The average molecular weight is 419 g/mol. The highest BCUT2D eigenvalue weighted by atomic mass is 79.9. The molecule has 3 rings (SSSR count). The van der Waals surface area contributed by atoms with Crippen LogP contribution < -0.4 is 10.1 Å². The fourth-order valence-electron chi connectivity index (χ4n) is 2.73. The van der Waals surface area contributed by atoms with E-state index in [4.69, 9.17) is 9.47 Å². The van der Waals surface area contributed by atoms with Crippen LogP contribution in [-0.4, -0.2) is 43.2 Å². The molecule has 2 aromatic carbocycles. The summed E-state index contributed by atoms with van der Waals surface area (Å²) in [4.78, 5) is 14.7. The zero-order valence-corrected chi connectivity index (χ0v) is 16.4. The van der Waals surface area contributed by atoms with Gasteiger partial charge in [0.05, 0.1) is 13.2 Å². The summed E-state index contributed by atoms with van der Waals surface area (Å²) in [5.74, 6) is 0.491. The van der Waals surface area contributed by atoms with Crippen molar-refractivity contribution >= 4 is 27.5 Å². The number of amides is 1. The normalized spacial score (nSPS) is 16.1. The number of nitrogens with one attached hydrogen (secondary N) is 1. The summed E-state index contributed by atoms with van der Waals surface area (Å²) >= 11 is 3.38. The molecule has 1 atom stereocenters. The maximum atomic E-state index is 12.3. The lowest BCUT2D eigenvalue weighted by atomic mass is 10.2. The lowest BCUT2D eigenvalue weighted by Crippen LogP contribution is -2.35. The second kappa shape index (κ2) is 9.16. The van der Waals surface area contributed by atoms with Gasteiger partial charge < -0.3 is 14.8 Å². The third-order valence-electron chi connectivity index (χ3n) is 4.23. The van der Waals surface area contributed by atoms with E-state index >= 15 is 0 Å². The monoisotopic (exact) mass is 418 g/mol. The molecule has 1 aliphatic rings. The summed E-state index contributed by atoms with van der Waals surface area (Å²) in [5.41, 5.74) is 2.00. The minimum absolute atomic E-state index is 0.172. The third kappa shape index (κ3) is 5.56. The van der Waals surface area contributed by atoms with E-state index in [2.05, 4.69) is 26.1 Å². The van der Waals surface area contributed by atoms with Crippen molar-refractivity contribution < 1.29 is 14.3 Å². The molecule has 1 aliphatic heterocycles. The Morgan fingerprint density at radius 2 is 1.81 bits per heavy atom. The van der Waals surface area contributed by atoms with Gasteiger partial charge in [-0.25, -0.2) is 0 Å². The van der Waals surface area contributed by atoms with E-state index in [1.807, 2.05) is 48.5 Å². The quantitative estimate of drug-likeness (QED) is 0.776. The van der Waals surface area contributed by atoms with Crippen LogP contribution in [-0.2, 0) is 16.1 Å². The van der Waals surface area contributed by atoms with Gasteiger partial charge in [0.2, 0.25) is 0 Å². The Kier molecular flexibility index (Phi) is 6.66. The van der Waals surface area contributed by atoms with Crippen LogP contribution in [0.5, 0.6) is 5.75 Å². The van der Waals surface area contributed by atoms with Gasteiger partial charge in [0.15, 0.2) is 6.10 Å². The molecule has 2 aromatic rings. The van der Waals surface area contributed by atoms with E-state index in [0.717, 1.165) is 43.0 Å². The molecule has 1 unspecified atom stereocenters. The number of hydrogen-bond acceptors (Lipinski definition) is 4. The average Bonchev–Trinajstić information content (AvgIpc) is 2.66. The van der Waals surface area contributed by atoms with E-state index in [1.54, 1.807) is 6.92 Å². The highest BCUT2D eigenvalue weighted by Crippen LogP contribution is 2.18. The minimum Gasteiger partial charge on any atom is -0.481 e. The number of morpholine rings is 1. The zero-order chi connectivity index (χ0) is 18.4. The molecule has 1 fully saturated rings. The molecule has 1 N–H and O–H groups in total. The molecule has 0 aromatic heterocycles. The van der Waals surface area contributed by atoms with Crippen LogP contribution in [0.1, 0.15) is 12.5 Å². The molecular formula is C20H23BrN2O3. The Morgan fingerprint density at radius 3 is 2.46 bits per heavy atom. The van der Waals surface area contributed by atoms with Gasteiger partial charge in [0.25, 0.3) is 5.91 Å². The minimum atomic E-state index is -0.579. The van der Waals surface area contributed by atoms with Gasteiger partial charge in [-0.3, -0.25) is 9.69 Å². The van der Waals surface area contributed by atoms with Crippen molar-refractivity contribution in [2.45, 2.75) is 19.6 Å². The molecular weight excluding hydrogens is 396 g/mol. The summed E-state index contributed by atoms with van der Waals surface area (Å²) in [7, 11) is 0. The molecule has 1 saturated heterocycles. The van der Waals surface area contributed by atoms with Crippen molar-refractivity contribution in [2.24, 2.45) is 0 Å². The fourth-order valence-corrected chi connectivity index (χ4v) is 2.99. The van der Waals surface area contributed by atoms with Crippen molar-refractivity contribution in [2.75, 3.05) is 31.6 Å². The smallest absolute Gasteiger partial charge is 0.265 e. The van der Waals surface area contributed by atoms with E-state index in [1.165, 1.54) is 5.56 Å². The van der Waals surface area contributed by atoms with Gasteiger partial charge in [-0.1, -0.05) is 28.1 Å². The van der Waals surface area contributed by atoms with Crippen LogP contribution >= 0.6 is 15.9 Å². The van der Waals surface area contributed by atoms with Gasteiger partial charge in [-0.2, -0.15) is 0 Å². The molecule has 0 aliphatic carbocycles. The maximum absolute atomic E-state index is 12.3. The van der Waals surface area contributed by atoms with E-state index in [9.17, 15) is 4.79 Å². The highest BCUT2D eigenvalue weighted by molar-refractivity contribution is 9.10. The summed E-state index contributed by atoms with van der Waals surface area (Å²) in [5, 5.41) is 2.90. The molecule has 0 saturated carbocycles. The van der Waals surface area contributed by atoms with Crippen LogP contribution in [0.25, 0.3) is 0 Å². The fraction of sp³-hybridized carbons (Fsp3) is 0.350. The predicted molar refractivity (Wildman–Crippen MR) is 105 cm³/mol. The van der Waals surface area contributed by atoms with Crippen molar-refractivity contribution in [3.05, 3.63) is 58.6 Å². The Balaban J connectivity index is 1.50. The number of halogens is 1. The van der Waals surface area contributed by atoms with Crippen LogP contribution in [0.3, 0.4) is 0 Å². The van der Waals surface area contributed by atoms with E-state index < -0.39 is 6.10 Å². The van der Waals surface area contributed by atoms with Gasteiger partial charge in [-0.05, 0) is 48.9 Å². The summed E-state index contributed by atoms with van der Waals surface area (Å²) in [6.07, 6.45) is -0.579. The first kappa shape index (κ1) is 18.9. The SMILES string of the molecule is CC(Oc1ccc(Br)cc1)C(=O)Nc1ccc(CN2CCOCC2)cc1. The molecule has 0 bridgehead atoms. The molecule has 1 amide bonds. The predicted octanol–water partition coefficient (Wildman–Crippen LogP) is 3.69. The molecule has 1 heterocycles. The summed E-state index contributed by atoms with van der Waals surface area (Å²) < 4.78 is 12.0. The van der Waals surface area contributed by atoms with Crippen molar-refractivity contribution in [3.63, 3.8) is 0 Å². The second-order valence-electron chi connectivity index (χ2n) is 6.29. The topological polar surface area (TPSA) is 50.8 Å². The lowest BCUT2D eigenvalue weighted by molar-refractivity contribution is -0.122. The molecule has 6 heteroatoms. The number of carbonyl (C=O) groups is 1. The Bertz CT molecular complexity index is 713. The van der Waals surface area contributed by atoms with Crippen molar-refractivity contribution in [1.82, 2.24) is 4.90 Å². The number of benzene rings is 2. The number of hydrogen-bond donors (Lipinski definition) is 1. The number of nitrogens with zero attached hydrogens (tertiary/aromatic N) is 1. The first-order valence-corrected chi connectivity index (χ1v) is 9.51. The van der Waals surface area contributed by atoms with E-state index in [-0.39, 0.29) is 5.91 Å². The Morgan fingerprint density at radius 1 is 1.15 bits per heavy atom. The molecule has 26 heavy (non-hydrogen) atoms. The largest absolute Gasteiger partial charge is 0.481 e. The van der Waals surface area contributed by atoms with Gasteiger partial charge in [-0.15, -0.1) is 0 Å². The number of anilines is 1. The zero-order valence-electron chi connectivity index (χ0n) is 14.8. The number of ether oxygens (including phenoxy) is 2. The lowest BCUT2D eigenvalue weighted by Gasteiger charge is -2.26. The van der Waals surface area contributed by atoms with Gasteiger partial charge in [0.1, 0.15) is 5.75 Å². The van der Waals surface area contributed by atoms with Crippen LogP contribution in [0.15, 0.2) is 53.0 Å². The summed E-state index contributed by atoms with van der Waals surface area (Å²) in [6, 6.07) is 15.4. The van der Waals surface area contributed by atoms with Crippen LogP contribution in [0.4, 0.5) is 5.69 Å². The summed E-state index contributed by atoms with van der Waals surface area (Å²) in [6.45, 7) is 6.16. The first-order chi connectivity index (χ1) is 12.6. The first-order valence-electron chi connectivity index (χ1n) is 8.72. The van der Waals surface area contributed by atoms with Crippen molar-refractivity contribution in [1.29, 1.82) is 0 Å². The maximum Gasteiger partial charge on any atom is 0.265 e. The van der Waals surface area contributed by atoms with Crippen molar-refractivity contribution in [3.8, 4) is 5.75 Å². The number of rotatable bonds is 6. The number of carbonyl (C=O) groups excluding carboxylic acids is 1. The van der Waals surface area contributed by atoms with E-state index in [0.29, 0.717) is 5.75 Å². The van der Waals surface area contributed by atoms with Crippen LogP contribution in [0, 0.1) is 0 Å². The molecule has 0 spiro atoms. The Hall–Kier alpha value is -1.89. The van der Waals surface area contributed by atoms with Gasteiger partial charge >= 0.3 is 0 Å². The van der Waals surface area contributed by atoms with Gasteiger partial charge in [0, 0.05) is 29.8 Å². The Labute approximate surface area is 162 Å². The highest BCUT2D eigenvalue weighted by Gasteiger charge is 2.15. The standard InChI is InChI=1S/C20H23BrN2O3/c1-15(26-19-8-4-17(21)5-9-19)20(24)22-18-6-2-16(3-7-18)14-23-10-12-25-13-11-23/h2-9,15H,10-14H2,1H3,(H,22,24). The molecule has 138 valence electrons. The second-order valence-corrected chi connectivity index (χ2v) is 7.20.